The van der Waals surface area contributed by atoms with Crippen molar-refractivity contribution in [1.82, 2.24) is 0 Å². The number of halogens is 2. The van der Waals surface area contributed by atoms with Gasteiger partial charge >= 0.3 is 0 Å². The summed E-state index contributed by atoms with van der Waals surface area (Å²) in [7, 11) is 0. The molecule has 0 aromatic heterocycles. The van der Waals surface area contributed by atoms with Gasteiger partial charge in [0.1, 0.15) is 5.82 Å². The maximum Gasteiger partial charge on any atom is 0.123 e. The fourth-order valence-electron chi connectivity index (χ4n) is 2.50. The first-order chi connectivity index (χ1) is 7.18. The molecule has 1 aliphatic carbocycles. The average molecular weight is 227 g/mol. The summed E-state index contributed by atoms with van der Waals surface area (Å²) < 4.78 is 12.8. The van der Waals surface area contributed by atoms with E-state index < -0.39 is 0 Å². The normalized spacial score (nSPS) is 27.9. The fraction of sp³-hybridized carbons (Fsp3) is 0.538. The van der Waals surface area contributed by atoms with E-state index in [1.807, 2.05) is 0 Å². The highest BCUT2D eigenvalue weighted by Gasteiger charge is 2.30. The zero-order chi connectivity index (χ0) is 10.8. The van der Waals surface area contributed by atoms with Crippen LogP contribution in [0.5, 0.6) is 0 Å². The summed E-state index contributed by atoms with van der Waals surface area (Å²) in [6.07, 6.45) is 3.75. The first-order valence-corrected chi connectivity index (χ1v) is 6.01. The van der Waals surface area contributed by atoms with Gasteiger partial charge in [0, 0.05) is 0 Å². The van der Waals surface area contributed by atoms with E-state index in [9.17, 15) is 4.39 Å². The molecular weight excluding hydrogens is 211 g/mol. The number of benzene rings is 1. The lowest BCUT2D eigenvalue weighted by atomic mass is 9.90. The molecule has 0 amide bonds. The molecule has 0 bridgehead atoms. The Labute approximate surface area is 95.4 Å². The molecule has 15 heavy (non-hydrogen) atoms. The molecule has 0 heterocycles. The Bertz CT molecular complexity index is 320. The smallest absolute Gasteiger partial charge is 0.123 e. The van der Waals surface area contributed by atoms with Gasteiger partial charge in [-0.3, -0.25) is 0 Å². The number of alkyl halides is 1. The van der Waals surface area contributed by atoms with Crippen molar-refractivity contribution in [2.45, 2.75) is 31.6 Å². The summed E-state index contributed by atoms with van der Waals surface area (Å²) in [4.78, 5) is 0. The summed E-state index contributed by atoms with van der Waals surface area (Å²) in [5.74, 6) is 1.05. The van der Waals surface area contributed by atoms with Crippen LogP contribution >= 0.6 is 11.6 Å². The minimum absolute atomic E-state index is 0.0445. The van der Waals surface area contributed by atoms with E-state index in [0.717, 1.165) is 5.56 Å². The first-order valence-electron chi connectivity index (χ1n) is 5.58. The molecule has 1 saturated carbocycles. The molecule has 0 spiro atoms. The second kappa shape index (κ2) is 4.52. The molecule has 0 radical (unpaired) electrons. The SMILES string of the molecule is CC1CCCC1C(Cl)c1ccc(F)cc1. The highest BCUT2D eigenvalue weighted by atomic mass is 35.5. The Kier molecular flexibility index (Phi) is 3.30. The molecule has 3 atom stereocenters. The quantitative estimate of drug-likeness (QED) is 0.650. The van der Waals surface area contributed by atoms with Crippen LogP contribution in [0, 0.1) is 17.7 Å². The van der Waals surface area contributed by atoms with Gasteiger partial charge in [0.2, 0.25) is 0 Å². The molecule has 0 aliphatic heterocycles. The van der Waals surface area contributed by atoms with Crippen LogP contribution in [0.15, 0.2) is 24.3 Å². The van der Waals surface area contributed by atoms with Gasteiger partial charge in [-0.25, -0.2) is 4.39 Å². The highest BCUT2D eigenvalue weighted by molar-refractivity contribution is 6.21. The summed E-state index contributed by atoms with van der Waals surface area (Å²) in [6.45, 7) is 2.26. The molecule has 0 N–H and O–H groups in total. The maximum absolute atomic E-state index is 12.8. The Balaban J connectivity index is 2.13. The Morgan fingerprint density at radius 1 is 1.27 bits per heavy atom. The van der Waals surface area contributed by atoms with Crippen molar-refractivity contribution in [3.8, 4) is 0 Å². The topological polar surface area (TPSA) is 0 Å². The molecule has 82 valence electrons. The predicted molar refractivity (Wildman–Crippen MR) is 61.5 cm³/mol. The van der Waals surface area contributed by atoms with Gasteiger partial charge in [-0.05, 0) is 36.0 Å². The summed E-state index contributed by atoms with van der Waals surface area (Å²) in [5.41, 5.74) is 1.05. The molecule has 1 aliphatic rings. The van der Waals surface area contributed by atoms with Crippen molar-refractivity contribution in [2.24, 2.45) is 11.8 Å². The van der Waals surface area contributed by atoms with Gasteiger partial charge < -0.3 is 0 Å². The lowest BCUT2D eigenvalue weighted by Crippen LogP contribution is -2.10. The largest absolute Gasteiger partial charge is 0.207 e. The van der Waals surface area contributed by atoms with Gasteiger partial charge in [-0.2, -0.15) is 0 Å². The van der Waals surface area contributed by atoms with Gasteiger partial charge in [0.15, 0.2) is 0 Å². The Morgan fingerprint density at radius 3 is 2.47 bits per heavy atom. The lowest BCUT2D eigenvalue weighted by Gasteiger charge is -2.21. The Hall–Kier alpha value is -0.560. The molecule has 1 aromatic carbocycles. The van der Waals surface area contributed by atoms with Crippen molar-refractivity contribution in [3.05, 3.63) is 35.6 Å². The van der Waals surface area contributed by atoms with Crippen LogP contribution in [0.4, 0.5) is 4.39 Å². The second-order valence-electron chi connectivity index (χ2n) is 4.53. The van der Waals surface area contributed by atoms with Gasteiger partial charge in [-0.1, -0.05) is 31.9 Å². The Morgan fingerprint density at radius 2 is 1.93 bits per heavy atom. The molecule has 1 aromatic rings. The second-order valence-corrected chi connectivity index (χ2v) is 5.00. The van der Waals surface area contributed by atoms with Crippen LogP contribution in [-0.2, 0) is 0 Å². The van der Waals surface area contributed by atoms with Crippen LogP contribution in [0.2, 0.25) is 0 Å². The predicted octanol–water partition coefficient (Wildman–Crippen LogP) is 4.54. The molecular formula is C13H16ClF. The fourth-order valence-corrected chi connectivity index (χ4v) is 3.02. The monoisotopic (exact) mass is 226 g/mol. The van der Waals surface area contributed by atoms with Gasteiger partial charge in [0.05, 0.1) is 5.38 Å². The minimum atomic E-state index is -0.193. The molecule has 3 unspecified atom stereocenters. The van der Waals surface area contributed by atoms with Crippen molar-refractivity contribution in [3.63, 3.8) is 0 Å². The zero-order valence-corrected chi connectivity index (χ0v) is 9.67. The van der Waals surface area contributed by atoms with E-state index in [1.54, 1.807) is 12.1 Å². The third-order valence-corrected chi connectivity index (χ3v) is 4.07. The van der Waals surface area contributed by atoms with E-state index in [2.05, 4.69) is 6.92 Å². The summed E-state index contributed by atoms with van der Waals surface area (Å²) >= 11 is 6.44. The average Bonchev–Trinajstić information content (AvgIpc) is 2.65. The minimum Gasteiger partial charge on any atom is -0.207 e. The molecule has 1 fully saturated rings. The molecule has 0 saturated heterocycles. The lowest BCUT2D eigenvalue weighted by molar-refractivity contribution is 0.405. The molecule has 2 heteroatoms. The van der Waals surface area contributed by atoms with Crippen molar-refractivity contribution in [2.75, 3.05) is 0 Å². The zero-order valence-electron chi connectivity index (χ0n) is 8.92. The number of rotatable bonds is 2. The van der Waals surface area contributed by atoms with Crippen LogP contribution < -0.4 is 0 Å². The number of hydrogen-bond donors (Lipinski definition) is 0. The van der Waals surface area contributed by atoms with Crippen LogP contribution in [0.3, 0.4) is 0 Å². The summed E-state index contributed by atoms with van der Waals surface area (Å²) in [5, 5.41) is 0.0445. The van der Waals surface area contributed by atoms with E-state index in [0.29, 0.717) is 11.8 Å². The number of hydrogen-bond acceptors (Lipinski definition) is 0. The van der Waals surface area contributed by atoms with E-state index in [4.69, 9.17) is 11.6 Å². The maximum atomic E-state index is 12.8. The van der Waals surface area contributed by atoms with Gasteiger partial charge in [0.25, 0.3) is 0 Å². The van der Waals surface area contributed by atoms with Gasteiger partial charge in [-0.15, -0.1) is 11.6 Å². The first kappa shape index (κ1) is 10.9. The van der Waals surface area contributed by atoms with E-state index in [-0.39, 0.29) is 11.2 Å². The third-order valence-electron chi connectivity index (χ3n) is 3.49. The molecule has 0 nitrogen and oxygen atoms in total. The molecule has 2 rings (SSSR count). The van der Waals surface area contributed by atoms with Crippen LogP contribution in [0.25, 0.3) is 0 Å². The van der Waals surface area contributed by atoms with Crippen molar-refractivity contribution >= 4 is 11.6 Å². The summed E-state index contributed by atoms with van der Waals surface area (Å²) in [6, 6.07) is 6.59. The highest BCUT2D eigenvalue weighted by Crippen LogP contribution is 2.43. The van der Waals surface area contributed by atoms with E-state index in [1.165, 1.54) is 31.4 Å². The van der Waals surface area contributed by atoms with Crippen molar-refractivity contribution in [1.29, 1.82) is 0 Å². The standard InChI is InChI=1S/C13H16ClF/c1-9-3-2-4-12(9)13(14)10-5-7-11(15)8-6-10/h5-9,12-13H,2-4H2,1H3. The van der Waals surface area contributed by atoms with Crippen LogP contribution in [-0.4, -0.2) is 0 Å². The van der Waals surface area contributed by atoms with Crippen molar-refractivity contribution < 1.29 is 4.39 Å². The third kappa shape index (κ3) is 2.34. The van der Waals surface area contributed by atoms with Crippen LogP contribution in [0.1, 0.15) is 37.1 Å². The van der Waals surface area contributed by atoms with E-state index >= 15 is 0 Å².